The molecule has 2 atom stereocenters. The molecule has 2 N–H and O–H groups in total. The van der Waals surface area contributed by atoms with Crippen molar-refractivity contribution in [2.24, 2.45) is 11.7 Å². The highest BCUT2D eigenvalue weighted by Gasteiger charge is 2.50. The van der Waals surface area contributed by atoms with E-state index < -0.39 is 11.5 Å². The Labute approximate surface area is 117 Å². The van der Waals surface area contributed by atoms with Crippen LogP contribution < -0.4 is 5.73 Å². The Morgan fingerprint density at radius 2 is 2.32 bits per heavy atom. The lowest BCUT2D eigenvalue weighted by Gasteiger charge is -2.35. The number of thiocarbonyl (C=S) groups is 1. The highest BCUT2D eigenvalue weighted by Crippen LogP contribution is 2.37. The van der Waals surface area contributed by atoms with Crippen molar-refractivity contribution >= 4 is 28.6 Å². The fourth-order valence-corrected chi connectivity index (χ4v) is 2.93. The molecule has 19 heavy (non-hydrogen) atoms. The first-order chi connectivity index (χ1) is 8.92. The maximum absolute atomic E-state index is 12.4. The monoisotopic (exact) mass is 277 g/mol. The molecule has 2 rings (SSSR count). The molecule has 100 valence electrons. The first kappa shape index (κ1) is 13.7. The molecule has 1 heterocycles. The van der Waals surface area contributed by atoms with Crippen molar-refractivity contribution in [1.29, 1.82) is 0 Å². The number of carbonyl (C=O) groups is 2. The van der Waals surface area contributed by atoms with Gasteiger partial charge < -0.3 is 10.5 Å². The van der Waals surface area contributed by atoms with E-state index in [1.54, 1.807) is 13.0 Å². The normalized spacial score (nSPS) is 30.8. The Morgan fingerprint density at radius 1 is 1.63 bits per heavy atom. The Kier molecular flexibility index (Phi) is 3.41. The first-order valence-corrected chi connectivity index (χ1v) is 6.38. The van der Waals surface area contributed by atoms with Gasteiger partial charge >= 0.3 is 0 Å². The van der Waals surface area contributed by atoms with Crippen LogP contribution in [0.25, 0.3) is 0 Å². The second-order valence-corrected chi connectivity index (χ2v) is 5.32. The van der Waals surface area contributed by atoms with Gasteiger partial charge in [-0.25, -0.2) is 0 Å². The average molecular weight is 277 g/mol. The van der Waals surface area contributed by atoms with Gasteiger partial charge in [0.15, 0.2) is 11.6 Å². The third-order valence-electron chi connectivity index (χ3n) is 3.53. The van der Waals surface area contributed by atoms with Gasteiger partial charge in [0.25, 0.3) is 0 Å². The van der Waals surface area contributed by atoms with Crippen LogP contribution in [0.1, 0.15) is 19.8 Å². The van der Waals surface area contributed by atoms with Gasteiger partial charge in [0.05, 0.1) is 16.8 Å². The SMILES string of the molecule is C=CCC1=C(N)C(=O)C(C2(C)CC=CO2)C(=S)C1=O. The molecule has 0 spiro atoms. The van der Waals surface area contributed by atoms with E-state index in [0.29, 0.717) is 6.42 Å². The second kappa shape index (κ2) is 4.74. The summed E-state index contributed by atoms with van der Waals surface area (Å²) in [7, 11) is 0. The molecule has 0 saturated heterocycles. The van der Waals surface area contributed by atoms with Crippen LogP contribution in [0.3, 0.4) is 0 Å². The third kappa shape index (κ3) is 2.04. The van der Waals surface area contributed by atoms with Crippen LogP contribution in [0.2, 0.25) is 0 Å². The number of hydrogen-bond donors (Lipinski definition) is 1. The first-order valence-electron chi connectivity index (χ1n) is 5.97. The van der Waals surface area contributed by atoms with E-state index in [1.807, 2.05) is 0 Å². The third-order valence-corrected chi connectivity index (χ3v) is 3.95. The number of allylic oxidation sites excluding steroid dienone is 3. The Balaban J connectivity index is 2.45. The number of carbonyl (C=O) groups excluding carboxylic acids is 2. The molecule has 0 aromatic rings. The van der Waals surface area contributed by atoms with Crippen LogP contribution in [0.15, 0.2) is 36.3 Å². The molecule has 2 unspecified atom stereocenters. The minimum atomic E-state index is -0.811. The van der Waals surface area contributed by atoms with E-state index in [1.165, 1.54) is 12.3 Å². The average Bonchev–Trinajstić information content (AvgIpc) is 2.80. The Bertz CT molecular complexity index is 537. The molecule has 4 nitrogen and oxygen atoms in total. The summed E-state index contributed by atoms with van der Waals surface area (Å²) in [5, 5.41) is 0. The summed E-state index contributed by atoms with van der Waals surface area (Å²) in [6.45, 7) is 5.32. The number of hydrogen-bond acceptors (Lipinski definition) is 5. The molecule has 0 fully saturated rings. The van der Waals surface area contributed by atoms with Crippen molar-refractivity contribution in [2.75, 3.05) is 0 Å². The molecule has 0 amide bonds. The zero-order valence-corrected chi connectivity index (χ0v) is 11.5. The molecular weight excluding hydrogens is 262 g/mol. The van der Waals surface area contributed by atoms with Crippen molar-refractivity contribution in [3.63, 3.8) is 0 Å². The van der Waals surface area contributed by atoms with Gasteiger partial charge in [-0.2, -0.15) is 0 Å². The molecule has 2 aliphatic rings. The summed E-state index contributed by atoms with van der Waals surface area (Å²) in [5.41, 5.74) is 5.23. The van der Waals surface area contributed by atoms with Crippen molar-refractivity contribution in [3.05, 3.63) is 36.3 Å². The van der Waals surface area contributed by atoms with E-state index >= 15 is 0 Å². The maximum atomic E-state index is 12.4. The van der Waals surface area contributed by atoms with Crippen molar-refractivity contribution in [3.8, 4) is 0 Å². The van der Waals surface area contributed by atoms with Gasteiger partial charge in [0.1, 0.15) is 11.5 Å². The summed E-state index contributed by atoms with van der Waals surface area (Å²) < 4.78 is 5.47. The van der Waals surface area contributed by atoms with E-state index in [4.69, 9.17) is 22.7 Å². The van der Waals surface area contributed by atoms with Crippen LogP contribution in [-0.2, 0) is 14.3 Å². The predicted molar refractivity (Wildman–Crippen MR) is 75.4 cm³/mol. The highest BCUT2D eigenvalue weighted by atomic mass is 32.1. The maximum Gasteiger partial charge on any atom is 0.199 e. The topological polar surface area (TPSA) is 69.4 Å². The fraction of sp³-hybridized carbons (Fsp3) is 0.357. The number of ketones is 2. The Morgan fingerprint density at radius 3 is 2.84 bits per heavy atom. The van der Waals surface area contributed by atoms with Gasteiger partial charge in [0, 0.05) is 12.0 Å². The molecular formula is C14H15NO3S. The quantitative estimate of drug-likeness (QED) is 0.627. The van der Waals surface area contributed by atoms with Gasteiger partial charge in [-0.05, 0) is 19.4 Å². The van der Waals surface area contributed by atoms with Crippen LogP contribution in [-0.4, -0.2) is 22.0 Å². The molecule has 1 aliphatic heterocycles. The second-order valence-electron chi connectivity index (χ2n) is 4.88. The van der Waals surface area contributed by atoms with E-state index in [9.17, 15) is 9.59 Å². The fourth-order valence-electron chi connectivity index (χ4n) is 2.45. The highest BCUT2D eigenvalue weighted by molar-refractivity contribution is 7.82. The molecule has 5 heteroatoms. The predicted octanol–water partition coefficient (Wildman–Crippen LogP) is 1.61. The van der Waals surface area contributed by atoms with E-state index in [0.717, 1.165) is 0 Å². The summed E-state index contributed by atoms with van der Waals surface area (Å²) >= 11 is 5.18. The van der Waals surface area contributed by atoms with Gasteiger partial charge in [-0.15, -0.1) is 6.58 Å². The molecule has 0 saturated carbocycles. The standard InChI is InChI=1S/C14H15NO3S/c1-3-5-8-10(15)12(17)9(13(19)11(8)16)14(2)6-4-7-18-14/h3-4,7,9H,1,5-6,15H2,2H3. The molecule has 0 radical (unpaired) electrons. The zero-order chi connectivity index (χ0) is 14.2. The minimum absolute atomic E-state index is 0.0137. The smallest absolute Gasteiger partial charge is 0.199 e. The van der Waals surface area contributed by atoms with Gasteiger partial charge in [-0.1, -0.05) is 18.3 Å². The minimum Gasteiger partial charge on any atom is -0.494 e. The number of Topliss-reactive ketones (excluding diaryl/α,β-unsaturated/α-hetero) is 2. The van der Waals surface area contributed by atoms with Crippen LogP contribution in [0.4, 0.5) is 0 Å². The van der Waals surface area contributed by atoms with Crippen LogP contribution in [0.5, 0.6) is 0 Å². The summed E-state index contributed by atoms with van der Waals surface area (Å²) in [5.74, 6) is -1.46. The van der Waals surface area contributed by atoms with Gasteiger partial charge in [-0.3, -0.25) is 9.59 Å². The lowest BCUT2D eigenvalue weighted by atomic mass is 9.74. The summed E-state index contributed by atoms with van der Waals surface area (Å²) in [4.78, 5) is 24.7. The largest absolute Gasteiger partial charge is 0.494 e. The van der Waals surface area contributed by atoms with E-state index in [2.05, 4.69) is 6.58 Å². The number of nitrogens with two attached hydrogens (primary N) is 1. The summed E-state index contributed by atoms with van der Waals surface area (Å²) in [6, 6.07) is 0. The molecule has 0 aromatic heterocycles. The number of ether oxygens (including phenoxy) is 1. The van der Waals surface area contributed by atoms with Crippen molar-refractivity contribution in [1.82, 2.24) is 0 Å². The van der Waals surface area contributed by atoms with Gasteiger partial charge in [0.2, 0.25) is 0 Å². The zero-order valence-electron chi connectivity index (χ0n) is 10.6. The molecule has 0 aromatic carbocycles. The number of rotatable bonds is 3. The summed E-state index contributed by atoms with van der Waals surface area (Å²) in [6.07, 6.45) is 5.64. The lowest BCUT2D eigenvalue weighted by molar-refractivity contribution is -0.125. The van der Waals surface area contributed by atoms with Crippen molar-refractivity contribution < 1.29 is 14.3 Å². The molecule has 1 aliphatic carbocycles. The van der Waals surface area contributed by atoms with E-state index in [-0.39, 0.29) is 34.1 Å². The Hall–Kier alpha value is -1.75. The lowest BCUT2D eigenvalue weighted by Crippen LogP contribution is -2.51. The van der Waals surface area contributed by atoms with Crippen LogP contribution in [0, 0.1) is 5.92 Å². The van der Waals surface area contributed by atoms with Crippen molar-refractivity contribution in [2.45, 2.75) is 25.4 Å². The molecule has 0 bridgehead atoms. The van der Waals surface area contributed by atoms with Crippen LogP contribution >= 0.6 is 12.2 Å².